The number of benzene rings is 1. The number of nitrogens with one attached hydrogen (secondary N) is 2. The van der Waals surface area contributed by atoms with Crippen molar-refractivity contribution in [1.82, 2.24) is 9.97 Å². The van der Waals surface area contributed by atoms with Crippen LogP contribution in [0.4, 0.5) is 17.3 Å². The average Bonchev–Trinajstić information content (AvgIpc) is 2.93. The molecule has 0 bridgehead atoms. The van der Waals surface area contributed by atoms with Crippen molar-refractivity contribution in [3.05, 3.63) is 30.6 Å². The van der Waals surface area contributed by atoms with E-state index in [0.717, 1.165) is 41.8 Å². The predicted molar refractivity (Wildman–Crippen MR) is 76.7 cm³/mol. The molecule has 0 saturated heterocycles. The van der Waals surface area contributed by atoms with Gasteiger partial charge >= 0.3 is 0 Å². The van der Waals surface area contributed by atoms with Crippen LogP contribution >= 0.6 is 0 Å². The fourth-order valence-electron chi connectivity index (χ4n) is 1.90. The van der Waals surface area contributed by atoms with Crippen molar-refractivity contribution in [3.63, 3.8) is 0 Å². The maximum atomic E-state index is 5.35. The van der Waals surface area contributed by atoms with Gasteiger partial charge in [0.1, 0.15) is 18.0 Å². The van der Waals surface area contributed by atoms with Gasteiger partial charge < -0.3 is 20.1 Å². The molecule has 0 aliphatic carbocycles. The summed E-state index contributed by atoms with van der Waals surface area (Å²) in [5.41, 5.74) is 0.898. The Morgan fingerprint density at radius 3 is 2.85 bits per heavy atom. The largest absolute Gasteiger partial charge is 0.454 e. The Morgan fingerprint density at radius 1 is 1.10 bits per heavy atom. The van der Waals surface area contributed by atoms with Gasteiger partial charge in [-0.05, 0) is 18.6 Å². The van der Waals surface area contributed by atoms with Gasteiger partial charge in [0.2, 0.25) is 6.79 Å². The van der Waals surface area contributed by atoms with E-state index in [4.69, 9.17) is 9.47 Å². The van der Waals surface area contributed by atoms with E-state index in [1.165, 1.54) is 6.33 Å². The van der Waals surface area contributed by atoms with E-state index in [0.29, 0.717) is 0 Å². The molecule has 1 aliphatic rings. The maximum Gasteiger partial charge on any atom is 0.231 e. The second-order valence-electron chi connectivity index (χ2n) is 4.41. The van der Waals surface area contributed by atoms with Crippen LogP contribution in [-0.4, -0.2) is 23.3 Å². The van der Waals surface area contributed by atoms with E-state index in [1.54, 1.807) is 0 Å². The monoisotopic (exact) mass is 272 g/mol. The Bertz CT molecular complexity index is 603. The lowest BCUT2D eigenvalue weighted by Gasteiger charge is -2.08. The number of nitrogens with zero attached hydrogens (tertiary/aromatic N) is 2. The maximum absolute atomic E-state index is 5.35. The van der Waals surface area contributed by atoms with Crippen LogP contribution < -0.4 is 20.1 Å². The van der Waals surface area contributed by atoms with Crippen LogP contribution in [-0.2, 0) is 0 Å². The second kappa shape index (κ2) is 5.64. The van der Waals surface area contributed by atoms with Gasteiger partial charge in [0, 0.05) is 24.4 Å². The zero-order valence-electron chi connectivity index (χ0n) is 11.2. The van der Waals surface area contributed by atoms with Gasteiger partial charge in [0.05, 0.1) is 0 Å². The topological polar surface area (TPSA) is 68.3 Å². The summed E-state index contributed by atoms with van der Waals surface area (Å²) in [6, 6.07) is 7.57. The van der Waals surface area contributed by atoms with Crippen molar-refractivity contribution in [2.24, 2.45) is 0 Å². The zero-order chi connectivity index (χ0) is 13.8. The summed E-state index contributed by atoms with van der Waals surface area (Å²) in [4.78, 5) is 8.37. The van der Waals surface area contributed by atoms with Crippen molar-refractivity contribution in [2.45, 2.75) is 13.3 Å². The highest BCUT2D eigenvalue weighted by Crippen LogP contribution is 2.34. The van der Waals surface area contributed by atoms with Crippen LogP contribution in [0, 0.1) is 0 Å². The lowest BCUT2D eigenvalue weighted by atomic mass is 10.3. The highest BCUT2D eigenvalue weighted by Gasteiger charge is 2.13. The summed E-state index contributed by atoms with van der Waals surface area (Å²) in [5, 5.41) is 6.45. The number of hydrogen-bond acceptors (Lipinski definition) is 6. The Kier molecular flexibility index (Phi) is 3.54. The van der Waals surface area contributed by atoms with Crippen molar-refractivity contribution >= 4 is 17.3 Å². The van der Waals surface area contributed by atoms with Crippen LogP contribution in [0.5, 0.6) is 11.5 Å². The molecule has 1 aromatic heterocycles. The number of rotatable bonds is 5. The van der Waals surface area contributed by atoms with Gasteiger partial charge in [-0.3, -0.25) is 0 Å². The molecule has 20 heavy (non-hydrogen) atoms. The van der Waals surface area contributed by atoms with Crippen LogP contribution in [0.3, 0.4) is 0 Å². The molecule has 6 nitrogen and oxygen atoms in total. The number of ether oxygens (including phenoxy) is 2. The van der Waals surface area contributed by atoms with E-state index in [-0.39, 0.29) is 6.79 Å². The summed E-state index contributed by atoms with van der Waals surface area (Å²) in [6.45, 7) is 3.28. The Balaban J connectivity index is 1.74. The van der Waals surface area contributed by atoms with E-state index >= 15 is 0 Å². The highest BCUT2D eigenvalue weighted by molar-refractivity contribution is 5.63. The fraction of sp³-hybridized carbons (Fsp3) is 0.286. The quantitative estimate of drug-likeness (QED) is 0.872. The zero-order valence-corrected chi connectivity index (χ0v) is 11.2. The molecule has 0 spiro atoms. The first-order valence-corrected chi connectivity index (χ1v) is 6.58. The van der Waals surface area contributed by atoms with Crippen LogP contribution in [0.2, 0.25) is 0 Å². The summed E-state index contributed by atoms with van der Waals surface area (Å²) >= 11 is 0. The van der Waals surface area contributed by atoms with Crippen LogP contribution in [0.1, 0.15) is 13.3 Å². The molecule has 6 heteroatoms. The Hall–Kier alpha value is -2.50. The molecule has 2 N–H and O–H groups in total. The van der Waals surface area contributed by atoms with Crippen LogP contribution in [0.25, 0.3) is 0 Å². The smallest absolute Gasteiger partial charge is 0.231 e. The third-order valence-corrected chi connectivity index (χ3v) is 2.87. The van der Waals surface area contributed by atoms with Crippen molar-refractivity contribution in [2.75, 3.05) is 24.0 Å². The number of aromatic nitrogens is 2. The van der Waals surface area contributed by atoms with Crippen molar-refractivity contribution < 1.29 is 9.47 Å². The number of fused-ring (bicyclic) bond motifs is 1. The molecule has 0 fully saturated rings. The molecular weight excluding hydrogens is 256 g/mol. The number of anilines is 3. The molecule has 0 amide bonds. The summed E-state index contributed by atoms with van der Waals surface area (Å²) in [6.07, 6.45) is 2.59. The minimum absolute atomic E-state index is 0.275. The molecule has 1 aliphatic heterocycles. The third-order valence-electron chi connectivity index (χ3n) is 2.87. The summed E-state index contributed by atoms with van der Waals surface area (Å²) in [7, 11) is 0. The standard InChI is InChI=1S/C14H16N4O2/c1-2-5-15-13-7-14(17-8-16-13)18-10-3-4-11-12(6-10)20-9-19-11/h3-4,6-8H,2,5,9H2,1H3,(H2,15,16,17,18). The van der Waals surface area contributed by atoms with Crippen molar-refractivity contribution in [1.29, 1.82) is 0 Å². The molecule has 2 aromatic rings. The van der Waals surface area contributed by atoms with E-state index in [1.807, 2.05) is 24.3 Å². The van der Waals surface area contributed by atoms with Gasteiger partial charge in [-0.2, -0.15) is 0 Å². The molecule has 0 saturated carbocycles. The van der Waals surface area contributed by atoms with Gasteiger partial charge in [-0.25, -0.2) is 9.97 Å². The lowest BCUT2D eigenvalue weighted by Crippen LogP contribution is -2.03. The lowest BCUT2D eigenvalue weighted by molar-refractivity contribution is 0.174. The second-order valence-corrected chi connectivity index (χ2v) is 4.41. The molecule has 104 valence electrons. The average molecular weight is 272 g/mol. The molecule has 0 radical (unpaired) electrons. The molecule has 3 rings (SSSR count). The first kappa shape index (κ1) is 12.5. The molecule has 1 aromatic carbocycles. The molecular formula is C14H16N4O2. The highest BCUT2D eigenvalue weighted by atomic mass is 16.7. The molecule has 2 heterocycles. The first-order valence-electron chi connectivity index (χ1n) is 6.58. The van der Waals surface area contributed by atoms with Gasteiger partial charge in [0.25, 0.3) is 0 Å². The van der Waals surface area contributed by atoms with Gasteiger partial charge in [0.15, 0.2) is 11.5 Å². The summed E-state index contributed by atoms with van der Waals surface area (Å²) in [5.74, 6) is 3.06. The number of hydrogen-bond donors (Lipinski definition) is 2. The van der Waals surface area contributed by atoms with E-state index in [9.17, 15) is 0 Å². The van der Waals surface area contributed by atoms with Gasteiger partial charge in [-0.15, -0.1) is 0 Å². The van der Waals surface area contributed by atoms with E-state index in [2.05, 4.69) is 27.5 Å². The molecule has 0 unspecified atom stereocenters. The Labute approximate surface area is 117 Å². The van der Waals surface area contributed by atoms with E-state index < -0.39 is 0 Å². The summed E-state index contributed by atoms with van der Waals surface area (Å²) < 4.78 is 10.6. The van der Waals surface area contributed by atoms with Crippen LogP contribution in [0.15, 0.2) is 30.6 Å². The SMILES string of the molecule is CCCNc1cc(Nc2ccc3c(c2)OCO3)ncn1. The van der Waals surface area contributed by atoms with Gasteiger partial charge in [-0.1, -0.05) is 6.92 Å². The third kappa shape index (κ3) is 2.74. The Morgan fingerprint density at radius 2 is 1.95 bits per heavy atom. The predicted octanol–water partition coefficient (Wildman–Crippen LogP) is 2.77. The minimum atomic E-state index is 0.275. The normalized spacial score (nSPS) is 12.2. The van der Waals surface area contributed by atoms with Crippen molar-refractivity contribution in [3.8, 4) is 11.5 Å². The minimum Gasteiger partial charge on any atom is -0.454 e. The fourth-order valence-corrected chi connectivity index (χ4v) is 1.90. The molecule has 0 atom stereocenters. The first-order chi connectivity index (χ1) is 9.85.